The summed E-state index contributed by atoms with van der Waals surface area (Å²) in [5, 5.41) is 14.0. The number of aryl methyl sites for hydroxylation is 2. The van der Waals surface area contributed by atoms with Gasteiger partial charge in [-0.25, -0.2) is 0 Å². The number of phenols is 1. The summed E-state index contributed by atoms with van der Waals surface area (Å²) in [7, 11) is 0. The van der Waals surface area contributed by atoms with Gasteiger partial charge in [0, 0.05) is 11.4 Å². The molecule has 0 aliphatic rings. The highest BCUT2D eigenvalue weighted by molar-refractivity contribution is 5.66. The molecule has 2 N–H and O–H groups in total. The smallest absolute Gasteiger partial charge is 0.123 e. The molecule has 0 aliphatic carbocycles. The maximum Gasteiger partial charge on any atom is 0.123 e. The Labute approximate surface area is 284 Å². The van der Waals surface area contributed by atoms with E-state index in [-0.39, 0.29) is 10.8 Å². The second-order valence-electron chi connectivity index (χ2n) is 15.4. The molecule has 0 atom stereocenters. The predicted octanol–water partition coefficient (Wildman–Crippen LogP) is 14.0. The number of para-hydroxylation sites is 3. The third-order valence-corrected chi connectivity index (χ3v) is 9.06. The molecule has 2 nitrogen and oxygen atoms in total. The summed E-state index contributed by atoms with van der Waals surface area (Å²) >= 11 is 0. The number of aromatic hydroxyl groups is 1. The fourth-order valence-corrected chi connectivity index (χ4v) is 6.16. The minimum atomic E-state index is -0.00859. The number of rotatable bonds is 18. The van der Waals surface area contributed by atoms with Crippen LogP contribution in [-0.4, -0.2) is 5.11 Å². The number of nitrogens with one attached hydrogen (secondary N) is 1. The summed E-state index contributed by atoms with van der Waals surface area (Å²) in [5.41, 5.74) is 7.53. The third kappa shape index (κ3) is 14.8. The maximum absolute atomic E-state index is 10.3. The predicted molar refractivity (Wildman–Crippen MR) is 205 cm³/mol. The van der Waals surface area contributed by atoms with Crippen LogP contribution in [0.25, 0.3) is 0 Å². The van der Waals surface area contributed by atoms with E-state index in [0.29, 0.717) is 5.75 Å². The van der Waals surface area contributed by atoms with Crippen molar-refractivity contribution >= 4 is 11.4 Å². The Hall–Kier alpha value is -2.74. The molecule has 0 amide bonds. The van der Waals surface area contributed by atoms with Crippen LogP contribution >= 0.6 is 0 Å². The SMILES string of the molecule is CC(C)(C)c1cccc(C(C)(C)C)c1O.CCCCCCCCCc1ccccc1Nc1ccccc1CCCCCCCCC. The topological polar surface area (TPSA) is 32.3 Å². The van der Waals surface area contributed by atoms with Crippen molar-refractivity contribution in [1.29, 1.82) is 0 Å². The first-order valence-corrected chi connectivity index (χ1v) is 18.7. The van der Waals surface area contributed by atoms with E-state index in [1.165, 1.54) is 125 Å². The highest BCUT2D eigenvalue weighted by atomic mass is 16.3. The van der Waals surface area contributed by atoms with Crippen LogP contribution in [0.1, 0.15) is 168 Å². The van der Waals surface area contributed by atoms with Crippen molar-refractivity contribution < 1.29 is 5.11 Å². The first kappa shape index (κ1) is 39.4. The average molecular weight is 628 g/mol. The molecule has 0 heterocycles. The largest absolute Gasteiger partial charge is 0.507 e. The zero-order valence-corrected chi connectivity index (χ0v) is 31.1. The van der Waals surface area contributed by atoms with E-state index in [9.17, 15) is 5.11 Å². The van der Waals surface area contributed by atoms with Crippen LogP contribution in [-0.2, 0) is 23.7 Å². The Kier molecular flexibility index (Phi) is 18.2. The molecule has 0 spiro atoms. The van der Waals surface area contributed by atoms with Crippen molar-refractivity contribution in [1.82, 2.24) is 0 Å². The molecular formula is C44H69NO. The molecule has 0 saturated carbocycles. The van der Waals surface area contributed by atoms with Crippen molar-refractivity contribution in [2.75, 3.05) is 5.32 Å². The maximum atomic E-state index is 10.3. The van der Waals surface area contributed by atoms with E-state index in [4.69, 9.17) is 0 Å². The van der Waals surface area contributed by atoms with Crippen LogP contribution in [0.5, 0.6) is 5.75 Å². The standard InChI is InChI=1S/C30H47N.C14H22O/c1-3-5-7-9-11-13-15-21-27-23-17-19-25-29(27)31-30-26-20-18-24-28(30)22-16-14-12-10-8-6-4-2;1-13(2,3)10-8-7-9-11(12(10)15)14(4,5)6/h17-20,23-26,31H,3-16,21-22H2,1-2H3;7-9,15H,1-6H3. The van der Waals surface area contributed by atoms with Crippen LogP contribution in [0, 0.1) is 0 Å². The van der Waals surface area contributed by atoms with Crippen LogP contribution < -0.4 is 5.32 Å². The average Bonchev–Trinajstić information content (AvgIpc) is 3.01. The van der Waals surface area contributed by atoms with Gasteiger partial charge in [-0.05, 0) is 70.9 Å². The molecule has 0 aromatic heterocycles. The Balaban J connectivity index is 0.000000410. The molecule has 256 valence electrons. The Morgan fingerprint density at radius 2 is 0.804 bits per heavy atom. The molecule has 46 heavy (non-hydrogen) atoms. The summed E-state index contributed by atoms with van der Waals surface area (Å²) in [6.07, 6.45) is 21.5. The van der Waals surface area contributed by atoms with Gasteiger partial charge in [-0.1, -0.05) is 187 Å². The minimum absolute atomic E-state index is 0.00859. The van der Waals surface area contributed by atoms with Crippen LogP contribution in [0.3, 0.4) is 0 Å². The molecular weight excluding hydrogens is 558 g/mol. The molecule has 3 aromatic rings. The number of anilines is 2. The second kappa shape index (κ2) is 21.2. The van der Waals surface area contributed by atoms with Gasteiger partial charge in [-0.15, -0.1) is 0 Å². The second-order valence-corrected chi connectivity index (χ2v) is 15.4. The zero-order valence-electron chi connectivity index (χ0n) is 31.1. The minimum Gasteiger partial charge on any atom is -0.507 e. The molecule has 0 bridgehead atoms. The van der Waals surface area contributed by atoms with Gasteiger partial charge in [0.15, 0.2) is 0 Å². The molecule has 0 saturated heterocycles. The lowest BCUT2D eigenvalue weighted by atomic mass is 9.80. The van der Waals surface area contributed by atoms with Gasteiger partial charge in [-0.2, -0.15) is 0 Å². The molecule has 0 unspecified atom stereocenters. The lowest BCUT2D eigenvalue weighted by Crippen LogP contribution is -2.16. The monoisotopic (exact) mass is 628 g/mol. The number of unbranched alkanes of at least 4 members (excludes halogenated alkanes) is 12. The first-order chi connectivity index (χ1) is 22.0. The van der Waals surface area contributed by atoms with E-state index in [1.54, 1.807) is 0 Å². The van der Waals surface area contributed by atoms with Crippen LogP contribution in [0.15, 0.2) is 66.7 Å². The van der Waals surface area contributed by atoms with E-state index in [1.807, 2.05) is 18.2 Å². The summed E-state index contributed by atoms with van der Waals surface area (Å²) in [6, 6.07) is 23.8. The van der Waals surface area contributed by atoms with E-state index in [2.05, 4.69) is 109 Å². The van der Waals surface area contributed by atoms with Crippen molar-refractivity contribution in [3.05, 3.63) is 89.0 Å². The van der Waals surface area contributed by atoms with Crippen molar-refractivity contribution in [2.24, 2.45) is 0 Å². The fourth-order valence-electron chi connectivity index (χ4n) is 6.16. The zero-order chi connectivity index (χ0) is 33.8. The van der Waals surface area contributed by atoms with E-state index >= 15 is 0 Å². The van der Waals surface area contributed by atoms with Crippen molar-refractivity contribution in [2.45, 2.75) is 169 Å². The van der Waals surface area contributed by atoms with Gasteiger partial charge in [0.05, 0.1) is 0 Å². The highest BCUT2D eigenvalue weighted by Crippen LogP contribution is 2.38. The molecule has 3 rings (SSSR count). The van der Waals surface area contributed by atoms with Crippen LogP contribution in [0.4, 0.5) is 11.4 Å². The number of hydrogen-bond acceptors (Lipinski definition) is 2. The van der Waals surface area contributed by atoms with E-state index in [0.717, 1.165) is 11.1 Å². The number of hydrogen-bond donors (Lipinski definition) is 2. The Bertz CT molecular complexity index is 1140. The van der Waals surface area contributed by atoms with Crippen molar-refractivity contribution in [3.8, 4) is 5.75 Å². The molecule has 0 radical (unpaired) electrons. The number of phenolic OH excluding ortho intramolecular Hbond substituents is 1. The van der Waals surface area contributed by atoms with Gasteiger partial charge < -0.3 is 10.4 Å². The van der Waals surface area contributed by atoms with Gasteiger partial charge >= 0.3 is 0 Å². The fraction of sp³-hybridized carbons (Fsp3) is 0.591. The lowest BCUT2D eigenvalue weighted by Gasteiger charge is -2.26. The Morgan fingerprint density at radius 1 is 0.457 bits per heavy atom. The molecule has 0 fully saturated rings. The van der Waals surface area contributed by atoms with Crippen LogP contribution in [0.2, 0.25) is 0 Å². The van der Waals surface area contributed by atoms with E-state index < -0.39 is 0 Å². The molecule has 0 aliphatic heterocycles. The molecule has 2 heteroatoms. The Morgan fingerprint density at radius 3 is 1.17 bits per heavy atom. The molecule has 3 aromatic carbocycles. The quantitative estimate of drug-likeness (QED) is 0.138. The third-order valence-electron chi connectivity index (χ3n) is 9.06. The summed E-state index contributed by atoms with van der Waals surface area (Å²) in [6.45, 7) is 17.3. The highest BCUT2D eigenvalue weighted by Gasteiger charge is 2.24. The van der Waals surface area contributed by atoms with Gasteiger partial charge in [0.25, 0.3) is 0 Å². The first-order valence-electron chi connectivity index (χ1n) is 18.7. The summed E-state index contributed by atoms with van der Waals surface area (Å²) < 4.78 is 0. The number of benzene rings is 3. The van der Waals surface area contributed by atoms with Gasteiger partial charge in [0.2, 0.25) is 0 Å². The lowest BCUT2D eigenvalue weighted by molar-refractivity contribution is 0.423. The normalized spacial score (nSPS) is 11.7. The van der Waals surface area contributed by atoms with Gasteiger partial charge in [0.1, 0.15) is 5.75 Å². The summed E-state index contributed by atoms with van der Waals surface area (Å²) in [5.74, 6) is 0.456. The van der Waals surface area contributed by atoms with Crippen molar-refractivity contribution in [3.63, 3.8) is 0 Å². The summed E-state index contributed by atoms with van der Waals surface area (Å²) in [4.78, 5) is 0. The van der Waals surface area contributed by atoms with Gasteiger partial charge in [-0.3, -0.25) is 0 Å².